The van der Waals surface area contributed by atoms with Crippen LogP contribution in [0.1, 0.15) is 60.8 Å². The number of carbonyl (C=O) groups is 5. The SMILES string of the molecule is COC(=O)[C@@]12C[C@H](O)C3[C@@]4(C)CC(=O)C(OC(=O)[C@@H](N)C(C)C)=C(C)C4C[C@H]4OC(=O)[C@H](OC(=O)C=C(C)C)[C@@H]1[C@@]34CO2. The fraction of sp³-hybridized carbons (Fsp3) is 0.710. The lowest BCUT2D eigenvalue weighted by Gasteiger charge is -2.66. The molecule has 43 heavy (non-hydrogen) atoms. The van der Waals surface area contributed by atoms with Crippen molar-refractivity contribution in [1.29, 1.82) is 0 Å². The van der Waals surface area contributed by atoms with E-state index in [0.717, 1.165) is 0 Å². The largest absolute Gasteiger partial charge is 0.467 e. The van der Waals surface area contributed by atoms with E-state index in [-0.39, 0.29) is 37.5 Å². The quantitative estimate of drug-likeness (QED) is 0.254. The molecule has 5 rings (SSSR count). The molecule has 0 aromatic heterocycles. The molecule has 3 aliphatic carbocycles. The highest BCUT2D eigenvalue weighted by atomic mass is 16.6. The molecule has 2 aliphatic heterocycles. The summed E-state index contributed by atoms with van der Waals surface area (Å²) < 4.78 is 28.7. The first-order valence-electron chi connectivity index (χ1n) is 14.7. The zero-order chi connectivity index (χ0) is 31.8. The van der Waals surface area contributed by atoms with Crippen molar-refractivity contribution in [3.8, 4) is 0 Å². The lowest BCUT2D eigenvalue weighted by atomic mass is 9.38. The van der Waals surface area contributed by atoms with Gasteiger partial charge in [-0.2, -0.15) is 0 Å². The molecule has 236 valence electrons. The molecule has 4 fully saturated rings. The predicted octanol–water partition coefficient (Wildman–Crippen LogP) is 1.51. The maximum absolute atomic E-state index is 13.7. The number of Topliss-reactive ketones (excluding diaryl/α,β-unsaturated/α-hetero) is 1. The number of aliphatic hydroxyl groups is 1. The van der Waals surface area contributed by atoms with E-state index in [1.165, 1.54) is 13.2 Å². The van der Waals surface area contributed by atoms with Gasteiger partial charge in [-0.15, -0.1) is 0 Å². The highest BCUT2D eigenvalue weighted by Gasteiger charge is 2.82. The minimum Gasteiger partial charge on any atom is -0.467 e. The molecular formula is C31H41NO11. The summed E-state index contributed by atoms with van der Waals surface area (Å²) in [7, 11) is 1.19. The summed E-state index contributed by atoms with van der Waals surface area (Å²) in [4.78, 5) is 66.3. The van der Waals surface area contributed by atoms with Gasteiger partial charge in [0.2, 0.25) is 6.10 Å². The number of ketones is 1. The van der Waals surface area contributed by atoms with Crippen LogP contribution in [-0.2, 0) is 47.7 Å². The minimum absolute atomic E-state index is 0.0800. The van der Waals surface area contributed by atoms with Gasteiger partial charge in [-0.1, -0.05) is 26.3 Å². The maximum atomic E-state index is 13.7. The average Bonchev–Trinajstić information content (AvgIpc) is 3.16. The topological polar surface area (TPSA) is 178 Å². The minimum atomic E-state index is -1.78. The Kier molecular flexibility index (Phi) is 7.67. The molecule has 0 aromatic rings. The second-order valence-electron chi connectivity index (χ2n) is 13.6. The number of rotatable bonds is 6. The third-order valence-electron chi connectivity index (χ3n) is 10.5. The molecule has 2 bridgehead atoms. The first-order valence-corrected chi connectivity index (χ1v) is 14.7. The van der Waals surface area contributed by atoms with E-state index in [1.54, 1.807) is 34.6 Å². The van der Waals surface area contributed by atoms with Crippen molar-refractivity contribution in [2.24, 2.45) is 40.2 Å². The highest BCUT2D eigenvalue weighted by molar-refractivity contribution is 5.98. The molecule has 2 saturated carbocycles. The van der Waals surface area contributed by atoms with Crippen molar-refractivity contribution in [3.05, 3.63) is 23.0 Å². The van der Waals surface area contributed by atoms with Crippen molar-refractivity contribution in [2.75, 3.05) is 13.7 Å². The van der Waals surface area contributed by atoms with Crippen LogP contribution in [0.4, 0.5) is 0 Å². The lowest BCUT2D eigenvalue weighted by Crippen LogP contribution is -2.75. The molecule has 10 atom stereocenters. The molecule has 12 nitrogen and oxygen atoms in total. The molecule has 2 unspecified atom stereocenters. The van der Waals surface area contributed by atoms with Gasteiger partial charge in [-0.25, -0.2) is 19.2 Å². The standard InChI is InChI=1S/C31H41NO11/c1-13(2)8-20(35)42-23-25-30-12-40-31(25,28(38)39-7)11-18(34)24(30)29(6)10-17(33)22(43-26(36)21(32)14(3)4)15(5)16(29)9-19(30)41-27(23)37/h8,14,16,18-19,21,23-25,34H,9-12,32H2,1-7H3/t16?,18-,19+,21-,23+,24?,25+,29-,30+,31+/m0/s1. The van der Waals surface area contributed by atoms with Crippen LogP contribution < -0.4 is 5.73 Å². The van der Waals surface area contributed by atoms with Gasteiger partial charge in [-0.05, 0) is 50.0 Å². The van der Waals surface area contributed by atoms with E-state index in [1.807, 2.05) is 6.92 Å². The van der Waals surface area contributed by atoms with Gasteiger partial charge in [0.1, 0.15) is 12.1 Å². The molecular weight excluding hydrogens is 562 g/mol. The Labute approximate surface area is 250 Å². The fourth-order valence-electron chi connectivity index (χ4n) is 8.86. The van der Waals surface area contributed by atoms with Crippen LogP contribution in [0.25, 0.3) is 0 Å². The van der Waals surface area contributed by atoms with Gasteiger partial charge < -0.3 is 34.5 Å². The third-order valence-corrected chi connectivity index (χ3v) is 10.5. The van der Waals surface area contributed by atoms with Crippen LogP contribution in [0.15, 0.2) is 23.0 Å². The smallest absolute Gasteiger partial charge is 0.348 e. The number of nitrogens with two attached hydrogens (primary N) is 1. The Morgan fingerprint density at radius 3 is 2.44 bits per heavy atom. The first kappa shape index (κ1) is 31.3. The highest BCUT2D eigenvalue weighted by Crippen LogP contribution is 2.72. The van der Waals surface area contributed by atoms with Gasteiger partial charge >= 0.3 is 23.9 Å². The van der Waals surface area contributed by atoms with Crippen LogP contribution in [0.3, 0.4) is 0 Å². The molecule has 2 saturated heterocycles. The second-order valence-corrected chi connectivity index (χ2v) is 13.6. The molecule has 0 amide bonds. The summed E-state index contributed by atoms with van der Waals surface area (Å²) in [5.41, 5.74) is 3.25. The number of hydrogen-bond acceptors (Lipinski definition) is 12. The van der Waals surface area contributed by atoms with E-state index >= 15 is 0 Å². The molecule has 12 heteroatoms. The lowest BCUT2D eigenvalue weighted by molar-refractivity contribution is -0.269. The van der Waals surface area contributed by atoms with Crippen LogP contribution >= 0.6 is 0 Å². The van der Waals surface area contributed by atoms with Gasteiger partial charge in [0.05, 0.1) is 25.7 Å². The van der Waals surface area contributed by atoms with E-state index in [9.17, 15) is 29.1 Å². The maximum Gasteiger partial charge on any atom is 0.348 e. The Morgan fingerprint density at radius 1 is 1.16 bits per heavy atom. The van der Waals surface area contributed by atoms with Gasteiger partial charge in [0.25, 0.3) is 0 Å². The zero-order valence-electron chi connectivity index (χ0n) is 25.6. The van der Waals surface area contributed by atoms with Gasteiger partial charge in [0.15, 0.2) is 17.1 Å². The number of carbonyl (C=O) groups excluding carboxylic acids is 5. The predicted molar refractivity (Wildman–Crippen MR) is 147 cm³/mol. The van der Waals surface area contributed by atoms with E-state index < -0.39 is 88.2 Å². The number of allylic oxidation sites excluding steroid dienone is 3. The molecule has 0 aromatic carbocycles. The molecule has 1 spiro atoms. The van der Waals surface area contributed by atoms with Crippen LogP contribution in [0, 0.1) is 34.5 Å². The molecule has 2 heterocycles. The van der Waals surface area contributed by atoms with Crippen LogP contribution in [0.2, 0.25) is 0 Å². The fourth-order valence-corrected chi connectivity index (χ4v) is 8.86. The number of aliphatic hydroxyl groups excluding tert-OH is 1. The number of methoxy groups -OCH3 is 1. The molecule has 0 radical (unpaired) electrons. The zero-order valence-corrected chi connectivity index (χ0v) is 25.6. The van der Waals surface area contributed by atoms with Crippen molar-refractivity contribution in [1.82, 2.24) is 0 Å². The average molecular weight is 604 g/mol. The monoisotopic (exact) mass is 603 g/mol. The van der Waals surface area contributed by atoms with Crippen molar-refractivity contribution in [3.63, 3.8) is 0 Å². The molecule has 5 aliphatic rings. The number of esters is 4. The van der Waals surface area contributed by atoms with E-state index in [2.05, 4.69) is 0 Å². The number of hydrogen-bond donors (Lipinski definition) is 2. The summed E-state index contributed by atoms with van der Waals surface area (Å²) in [6.45, 7) is 10.4. The Hall–Kier alpha value is -3.09. The first-order chi connectivity index (χ1) is 20.0. The van der Waals surface area contributed by atoms with E-state index in [0.29, 0.717) is 11.1 Å². The summed E-state index contributed by atoms with van der Waals surface area (Å²) >= 11 is 0. The number of ether oxygens (including phenoxy) is 5. The summed E-state index contributed by atoms with van der Waals surface area (Å²) in [6.07, 6.45) is -2.44. The van der Waals surface area contributed by atoms with Crippen molar-refractivity contribution in [2.45, 2.75) is 90.8 Å². The Morgan fingerprint density at radius 2 is 1.84 bits per heavy atom. The van der Waals surface area contributed by atoms with Gasteiger partial charge in [-0.3, -0.25) is 4.79 Å². The van der Waals surface area contributed by atoms with Crippen molar-refractivity contribution < 1.29 is 52.8 Å². The summed E-state index contributed by atoms with van der Waals surface area (Å²) in [5.74, 6) is -6.03. The van der Waals surface area contributed by atoms with Crippen LogP contribution in [-0.4, -0.2) is 78.4 Å². The normalized spacial score (nSPS) is 40.1. The van der Waals surface area contributed by atoms with Crippen molar-refractivity contribution >= 4 is 29.7 Å². The van der Waals surface area contributed by atoms with E-state index in [4.69, 9.17) is 29.4 Å². The number of fused-ring (bicyclic) bond motifs is 2. The second kappa shape index (κ2) is 10.5. The van der Waals surface area contributed by atoms with Crippen LogP contribution in [0.5, 0.6) is 0 Å². The Bertz CT molecular complexity index is 1330. The van der Waals surface area contributed by atoms with Gasteiger partial charge in [0, 0.05) is 30.3 Å². The summed E-state index contributed by atoms with van der Waals surface area (Å²) in [6, 6.07) is -0.927. The summed E-state index contributed by atoms with van der Waals surface area (Å²) in [5, 5.41) is 11.8. The molecule has 3 N–H and O–H groups in total. The third kappa shape index (κ3) is 4.39. The Balaban J connectivity index is 1.63.